The largest absolute Gasteiger partial charge is 0.497 e. The molecule has 0 spiro atoms. The second-order valence-electron chi connectivity index (χ2n) is 6.76. The van der Waals surface area contributed by atoms with Crippen LogP contribution in [0.15, 0.2) is 72.9 Å². The van der Waals surface area contributed by atoms with E-state index in [-0.39, 0.29) is 5.91 Å². The van der Waals surface area contributed by atoms with Gasteiger partial charge in [0.05, 0.1) is 7.11 Å². The second kappa shape index (κ2) is 10.3. The normalized spacial score (nSPS) is 10.4. The summed E-state index contributed by atoms with van der Waals surface area (Å²) >= 11 is 0. The number of nitrogens with zero attached hydrogens (tertiary/aromatic N) is 2. The first-order valence-electron chi connectivity index (χ1n) is 9.85. The lowest BCUT2D eigenvalue weighted by Crippen LogP contribution is -2.27. The SMILES string of the molecule is CCN(Cc1ccccc1)c1cc(C(=O)NCCc2ccc(OC)cc2)ccn1. The minimum Gasteiger partial charge on any atom is -0.497 e. The molecule has 0 saturated heterocycles. The monoisotopic (exact) mass is 389 g/mol. The number of benzene rings is 2. The summed E-state index contributed by atoms with van der Waals surface area (Å²) in [5.41, 5.74) is 2.99. The third kappa shape index (κ3) is 5.82. The molecule has 2 aromatic carbocycles. The van der Waals surface area contributed by atoms with Gasteiger partial charge in [0, 0.05) is 31.4 Å². The summed E-state index contributed by atoms with van der Waals surface area (Å²) in [6.07, 6.45) is 2.46. The van der Waals surface area contributed by atoms with E-state index in [9.17, 15) is 4.79 Å². The number of hydrogen-bond acceptors (Lipinski definition) is 4. The number of ether oxygens (including phenoxy) is 1. The lowest BCUT2D eigenvalue weighted by Gasteiger charge is -2.22. The van der Waals surface area contributed by atoms with Crippen molar-refractivity contribution >= 4 is 11.7 Å². The van der Waals surface area contributed by atoms with Crippen LogP contribution in [0.2, 0.25) is 0 Å². The van der Waals surface area contributed by atoms with Crippen LogP contribution < -0.4 is 15.0 Å². The van der Waals surface area contributed by atoms with Crippen molar-refractivity contribution in [3.63, 3.8) is 0 Å². The Kier molecular flexibility index (Phi) is 7.22. The Balaban J connectivity index is 1.59. The van der Waals surface area contributed by atoms with Gasteiger partial charge >= 0.3 is 0 Å². The van der Waals surface area contributed by atoms with Gasteiger partial charge in [-0.1, -0.05) is 42.5 Å². The first kappa shape index (κ1) is 20.4. The van der Waals surface area contributed by atoms with Crippen LogP contribution in [0.4, 0.5) is 5.82 Å². The average Bonchev–Trinajstić information content (AvgIpc) is 2.78. The molecular formula is C24H27N3O2. The summed E-state index contributed by atoms with van der Waals surface area (Å²) in [6.45, 7) is 4.23. The molecule has 0 unspecified atom stereocenters. The van der Waals surface area contributed by atoms with Crippen LogP contribution in [0.25, 0.3) is 0 Å². The second-order valence-corrected chi connectivity index (χ2v) is 6.76. The molecule has 0 aliphatic heterocycles. The van der Waals surface area contributed by atoms with Gasteiger partial charge in [-0.05, 0) is 48.7 Å². The minimum atomic E-state index is -0.0853. The number of hydrogen-bond donors (Lipinski definition) is 1. The standard InChI is InChI=1S/C24H27N3O2/c1-3-27(18-20-7-5-4-6-8-20)23-17-21(14-16-25-23)24(28)26-15-13-19-9-11-22(29-2)12-10-19/h4-12,14,16-17H,3,13,15,18H2,1-2H3,(H,26,28). The summed E-state index contributed by atoms with van der Waals surface area (Å²) in [6, 6.07) is 21.8. The topological polar surface area (TPSA) is 54.5 Å². The van der Waals surface area contributed by atoms with Gasteiger partial charge in [0.25, 0.3) is 5.91 Å². The van der Waals surface area contributed by atoms with Crippen molar-refractivity contribution in [3.05, 3.63) is 89.6 Å². The maximum absolute atomic E-state index is 12.6. The summed E-state index contributed by atoms with van der Waals surface area (Å²) in [5.74, 6) is 1.55. The van der Waals surface area contributed by atoms with Crippen molar-refractivity contribution in [1.82, 2.24) is 10.3 Å². The summed E-state index contributed by atoms with van der Waals surface area (Å²) < 4.78 is 5.17. The fraction of sp³-hybridized carbons (Fsp3) is 0.250. The highest BCUT2D eigenvalue weighted by Crippen LogP contribution is 2.16. The Labute approximate surface area is 172 Å². The maximum Gasteiger partial charge on any atom is 0.251 e. The highest BCUT2D eigenvalue weighted by Gasteiger charge is 2.11. The van der Waals surface area contributed by atoms with Gasteiger partial charge in [-0.3, -0.25) is 4.79 Å². The van der Waals surface area contributed by atoms with Crippen LogP contribution in [0.5, 0.6) is 5.75 Å². The van der Waals surface area contributed by atoms with Crippen molar-refractivity contribution in [2.75, 3.05) is 25.1 Å². The quantitative estimate of drug-likeness (QED) is 0.599. The number of amides is 1. The third-order valence-corrected chi connectivity index (χ3v) is 4.79. The van der Waals surface area contributed by atoms with Crippen molar-refractivity contribution < 1.29 is 9.53 Å². The number of rotatable bonds is 9. The van der Waals surface area contributed by atoms with E-state index in [0.29, 0.717) is 12.1 Å². The van der Waals surface area contributed by atoms with Gasteiger partial charge in [-0.2, -0.15) is 0 Å². The molecule has 0 aliphatic carbocycles. The van der Waals surface area contributed by atoms with E-state index in [1.54, 1.807) is 19.4 Å². The van der Waals surface area contributed by atoms with Crippen molar-refractivity contribution in [3.8, 4) is 5.75 Å². The predicted octanol–water partition coefficient (Wildman–Crippen LogP) is 4.09. The van der Waals surface area contributed by atoms with Crippen molar-refractivity contribution in [1.29, 1.82) is 0 Å². The summed E-state index contributed by atoms with van der Waals surface area (Å²) in [7, 11) is 1.65. The molecule has 0 fully saturated rings. The van der Waals surface area contributed by atoms with E-state index in [1.165, 1.54) is 5.56 Å². The number of carbonyl (C=O) groups excluding carboxylic acids is 1. The van der Waals surface area contributed by atoms with Gasteiger partial charge in [-0.15, -0.1) is 0 Å². The van der Waals surface area contributed by atoms with Crippen LogP contribution in [-0.4, -0.2) is 31.1 Å². The fourth-order valence-corrected chi connectivity index (χ4v) is 3.11. The minimum absolute atomic E-state index is 0.0853. The van der Waals surface area contributed by atoms with Gasteiger partial charge in [0.1, 0.15) is 11.6 Å². The number of aromatic nitrogens is 1. The Morgan fingerprint density at radius 2 is 1.79 bits per heavy atom. The molecule has 29 heavy (non-hydrogen) atoms. The predicted molar refractivity (Wildman–Crippen MR) is 116 cm³/mol. The molecule has 5 nitrogen and oxygen atoms in total. The van der Waals surface area contributed by atoms with Crippen LogP contribution in [0.3, 0.4) is 0 Å². The van der Waals surface area contributed by atoms with E-state index in [4.69, 9.17) is 4.74 Å². The zero-order chi connectivity index (χ0) is 20.5. The van der Waals surface area contributed by atoms with Crippen molar-refractivity contribution in [2.45, 2.75) is 19.9 Å². The molecule has 1 heterocycles. The highest BCUT2D eigenvalue weighted by molar-refractivity contribution is 5.94. The van der Waals surface area contributed by atoms with Gasteiger partial charge in [-0.25, -0.2) is 4.98 Å². The van der Waals surface area contributed by atoms with Crippen LogP contribution >= 0.6 is 0 Å². The number of nitrogens with one attached hydrogen (secondary N) is 1. The van der Waals surface area contributed by atoms with E-state index >= 15 is 0 Å². The molecule has 3 rings (SSSR count). The zero-order valence-corrected chi connectivity index (χ0v) is 17.0. The Hall–Kier alpha value is -3.34. The van der Waals surface area contributed by atoms with E-state index in [2.05, 4.69) is 34.3 Å². The molecule has 0 saturated carbocycles. The molecule has 3 aromatic rings. The van der Waals surface area contributed by atoms with Gasteiger partial charge in [0.2, 0.25) is 0 Å². The average molecular weight is 389 g/mol. The Bertz CT molecular complexity index is 911. The molecule has 0 aliphatic rings. The first-order chi connectivity index (χ1) is 14.2. The van der Waals surface area contributed by atoms with Gasteiger partial charge in [0.15, 0.2) is 0 Å². The number of carbonyl (C=O) groups is 1. The van der Waals surface area contributed by atoms with Crippen LogP contribution in [0.1, 0.15) is 28.4 Å². The van der Waals surface area contributed by atoms with Crippen LogP contribution in [0, 0.1) is 0 Å². The number of anilines is 1. The van der Waals surface area contributed by atoms with Gasteiger partial charge < -0.3 is 15.0 Å². The summed E-state index contributed by atoms with van der Waals surface area (Å²) in [5, 5.41) is 2.99. The number of methoxy groups -OCH3 is 1. The molecule has 1 amide bonds. The Morgan fingerprint density at radius 3 is 2.48 bits per heavy atom. The summed E-state index contributed by atoms with van der Waals surface area (Å²) in [4.78, 5) is 19.2. The number of pyridine rings is 1. The van der Waals surface area contributed by atoms with Crippen molar-refractivity contribution in [2.24, 2.45) is 0 Å². The molecule has 0 atom stereocenters. The smallest absolute Gasteiger partial charge is 0.251 e. The Morgan fingerprint density at radius 1 is 1.03 bits per heavy atom. The molecule has 1 aromatic heterocycles. The molecule has 0 bridgehead atoms. The molecule has 1 N–H and O–H groups in total. The maximum atomic E-state index is 12.6. The van der Waals surface area contributed by atoms with E-state index < -0.39 is 0 Å². The molecule has 0 radical (unpaired) electrons. The lowest BCUT2D eigenvalue weighted by molar-refractivity contribution is 0.0954. The zero-order valence-electron chi connectivity index (χ0n) is 17.0. The lowest BCUT2D eigenvalue weighted by atomic mass is 10.1. The fourth-order valence-electron chi connectivity index (χ4n) is 3.11. The molecule has 150 valence electrons. The third-order valence-electron chi connectivity index (χ3n) is 4.79. The highest BCUT2D eigenvalue weighted by atomic mass is 16.5. The van der Waals surface area contributed by atoms with E-state index in [1.807, 2.05) is 48.5 Å². The molecular weight excluding hydrogens is 362 g/mol. The first-order valence-corrected chi connectivity index (χ1v) is 9.85. The molecule has 5 heteroatoms. The van der Waals surface area contributed by atoms with Crippen LogP contribution in [-0.2, 0) is 13.0 Å². The van der Waals surface area contributed by atoms with E-state index in [0.717, 1.165) is 36.6 Å².